The Kier molecular flexibility index (Phi) is 3.73. The maximum absolute atomic E-state index is 12.1. The van der Waals surface area contributed by atoms with E-state index in [9.17, 15) is 14.9 Å². The highest BCUT2D eigenvalue weighted by Gasteiger charge is 2.32. The van der Waals surface area contributed by atoms with Crippen molar-refractivity contribution in [3.8, 4) is 11.3 Å². The first kappa shape index (κ1) is 16.0. The number of carbonyl (C=O) groups excluding carboxylic acids is 1. The van der Waals surface area contributed by atoms with E-state index in [1.54, 1.807) is 24.3 Å². The van der Waals surface area contributed by atoms with Crippen LogP contribution in [0.15, 0.2) is 56.5 Å². The molecular formula is C16H9N5O4S. The van der Waals surface area contributed by atoms with Crippen LogP contribution in [0, 0.1) is 15.5 Å². The number of nitro groups is 1. The molecule has 0 saturated heterocycles. The molecule has 26 heavy (non-hydrogen) atoms. The Morgan fingerprint density at radius 1 is 1.31 bits per heavy atom. The number of amides is 1. The van der Waals surface area contributed by atoms with Gasteiger partial charge in [0.2, 0.25) is 0 Å². The molecule has 0 spiro atoms. The fraction of sp³-hybridized carbons (Fsp3) is 0. The second-order valence-electron chi connectivity index (χ2n) is 5.27. The number of rotatable bonds is 3. The summed E-state index contributed by atoms with van der Waals surface area (Å²) in [5.41, 5.74) is 2.04. The summed E-state index contributed by atoms with van der Waals surface area (Å²) in [6.45, 7) is 0. The van der Waals surface area contributed by atoms with Crippen molar-refractivity contribution in [1.82, 2.24) is 5.01 Å². The number of carbonyl (C=O) groups is 1. The monoisotopic (exact) mass is 367 g/mol. The van der Waals surface area contributed by atoms with Crippen LogP contribution in [0.4, 0.5) is 5.69 Å². The smallest absolute Gasteiger partial charge is 0.283 e. The maximum Gasteiger partial charge on any atom is 0.283 e. The van der Waals surface area contributed by atoms with Crippen LogP contribution >= 0.6 is 11.8 Å². The second-order valence-corrected chi connectivity index (χ2v) is 6.08. The van der Waals surface area contributed by atoms with Crippen molar-refractivity contribution in [1.29, 1.82) is 5.41 Å². The van der Waals surface area contributed by atoms with Crippen molar-refractivity contribution < 1.29 is 14.1 Å². The van der Waals surface area contributed by atoms with Gasteiger partial charge in [-0.3, -0.25) is 20.3 Å². The number of hydrogen-bond donors (Lipinski definition) is 1. The quantitative estimate of drug-likeness (QED) is 0.505. The van der Waals surface area contributed by atoms with E-state index in [1.807, 2.05) is 0 Å². The summed E-state index contributed by atoms with van der Waals surface area (Å²) in [5.74, 6) is 0.102. The number of hydrogen-bond acceptors (Lipinski definition) is 7. The Labute approximate surface area is 150 Å². The molecular weight excluding hydrogens is 358 g/mol. The standard InChI is InChI=1S/C16H9N5O4S/c17-14-12(15(22)19-16-20(14)18-8-26-16)7-11-4-5-13(25-11)9-2-1-3-10(6-9)21(23)24/h1-8,17H/b12-7-,17-14?. The summed E-state index contributed by atoms with van der Waals surface area (Å²) < 4.78 is 5.66. The SMILES string of the molecule is N=C1/C(=C/c2ccc(-c3cccc([N+](=O)[O-])c3)o2)C(=O)N=C2SC=NN12. The van der Waals surface area contributed by atoms with Gasteiger partial charge in [-0.1, -0.05) is 12.1 Å². The van der Waals surface area contributed by atoms with E-state index in [4.69, 9.17) is 9.83 Å². The zero-order chi connectivity index (χ0) is 18.3. The van der Waals surface area contributed by atoms with Crippen molar-refractivity contribution in [3.05, 3.63) is 57.8 Å². The third kappa shape index (κ3) is 2.71. The Morgan fingerprint density at radius 2 is 2.15 bits per heavy atom. The van der Waals surface area contributed by atoms with Crippen molar-refractivity contribution in [2.24, 2.45) is 10.1 Å². The van der Waals surface area contributed by atoms with Crippen molar-refractivity contribution >= 4 is 46.0 Å². The van der Waals surface area contributed by atoms with Gasteiger partial charge in [-0.05, 0) is 30.0 Å². The summed E-state index contributed by atoms with van der Waals surface area (Å²) in [5, 5.41) is 24.6. The van der Waals surface area contributed by atoms with Gasteiger partial charge >= 0.3 is 0 Å². The molecule has 0 aliphatic carbocycles. The number of amidine groups is 2. The maximum atomic E-state index is 12.1. The molecule has 0 atom stereocenters. The molecule has 0 fully saturated rings. The van der Waals surface area contributed by atoms with Crippen LogP contribution in [0.2, 0.25) is 0 Å². The van der Waals surface area contributed by atoms with Crippen LogP contribution in [-0.4, -0.2) is 32.4 Å². The minimum absolute atomic E-state index is 0.0469. The zero-order valence-corrected chi connectivity index (χ0v) is 13.8. The lowest BCUT2D eigenvalue weighted by atomic mass is 10.1. The molecule has 1 aromatic carbocycles. The van der Waals surface area contributed by atoms with E-state index in [1.165, 1.54) is 28.8 Å². The first-order chi connectivity index (χ1) is 12.5. The first-order valence-electron chi connectivity index (χ1n) is 7.30. The van der Waals surface area contributed by atoms with Crippen LogP contribution in [0.5, 0.6) is 0 Å². The first-order valence-corrected chi connectivity index (χ1v) is 8.18. The molecule has 1 aromatic heterocycles. The molecule has 128 valence electrons. The number of nitro benzene ring substituents is 1. The topological polar surface area (TPSA) is 125 Å². The Hall–Kier alpha value is -3.53. The normalized spacial score (nSPS) is 17.6. The number of hydrazone groups is 1. The molecule has 2 aliphatic heterocycles. The van der Waals surface area contributed by atoms with Gasteiger partial charge in [0.25, 0.3) is 11.6 Å². The highest BCUT2D eigenvalue weighted by Crippen LogP contribution is 2.28. The fourth-order valence-corrected chi connectivity index (χ4v) is 3.05. The molecule has 1 amide bonds. The van der Waals surface area contributed by atoms with E-state index in [0.29, 0.717) is 22.3 Å². The van der Waals surface area contributed by atoms with Crippen LogP contribution in [0.3, 0.4) is 0 Å². The van der Waals surface area contributed by atoms with E-state index in [2.05, 4.69) is 10.1 Å². The van der Waals surface area contributed by atoms with Crippen LogP contribution in [0.25, 0.3) is 17.4 Å². The molecule has 10 heteroatoms. The minimum atomic E-state index is -0.549. The molecule has 0 bridgehead atoms. The summed E-state index contributed by atoms with van der Waals surface area (Å²) in [7, 11) is 0. The Balaban J connectivity index is 1.67. The number of non-ortho nitro benzene ring substituents is 1. The number of benzene rings is 1. The largest absolute Gasteiger partial charge is 0.457 e. The number of thioether (sulfide) groups is 1. The van der Waals surface area contributed by atoms with Crippen molar-refractivity contribution in [2.75, 3.05) is 0 Å². The van der Waals surface area contributed by atoms with Crippen LogP contribution in [-0.2, 0) is 4.79 Å². The molecule has 4 rings (SSSR count). The van der Waals surface area contributed by atoms with Gasteiger partial charge in [0.05, 0.1) is 16.0 Å². The summed E-state index contributed by atoms with van der Waals surface area (Å²) in [4.78, 5) is 26.4. The predicted molar refractivity (Wildman–Crippen MR) is 96.9 cm³/mol. The molecule has 0 unspecified atom stereocenters. The number of nitrogens with zero attached hydrogens (tertiary/aromatic N) is 4. The molecule has 2 aliphatic rings. The third-order valence-electron chi connectivity index (χ3n) is 3.65. The van der Waals surface area contributed by atoms with E-state index in [-0.39, 0.29) is 17.1 Å². The van der Waals surface area contributed by atoms with Crippen molar-refractivity contribution in [3.63, 3.8) is 0 Å². The number of furan rings is 1. The van der Waals surface area contributed by atoms with Gasteiger partial charge in [0.15, 0.2) is 11.0 Å². The molecule has 9 nitrogen and oxygen atoms in total. The zero-order valence-electron chi connectivity index (χ0n) is 12.9. The minimum Gasteiger partial charge on any atom is -0.457 e. The summed E-state index contributed by atoms with van der Waals surface area (Å²) >= 11 is 1.16. The average molecular weight is 367 g/mol. The van der Waals surface area contributed by atoms with Gasteiger partial charge in [-0.15, -0.1) is 0 Å². The number of aliphatic imine (C=N–C) groups is 1. The van der Waals surface area contributed by atoms with Crippen LogP contribution in [0.1, 0.15) is 5.76 Å². The Bertz CT molecular complexity index is 1050. The molecule has 1 N–H and O–H groups in total. The number of nitrogens with one attached hydrogen (secondary N) is 1. The molecule has 2 aromatic rings. The molecule has 0 radical (unpaired) electrons. The Morgan fingerprint density at radius 3 is 2.96 bits per heavy atom. The predicted octanol–water partition coefficient (Wildman–Crippen LogP) is 3.10. The van der Waals surface area contributed by atoms with Gasteiger partial charge in [-0.25, -0.2) is 0 Å². The lowest BCUT2D eigenvalue weighted by molar-refractivity contribution is -0.384. The highest BCUT2D eigenvalue weighted by atomic mass is 32.2. The number of fused-ring (bicyclic) bond motifs is 1. The fourth-order valence-electron chi connectivity index (χ4n) is 2.44. The summed E-state index contributed by atoms with van der Waals surface area (Å²) in [6.07, 6.45) is 1.41. The van der Waals surface area contributed by atoms with Gasteiger partial charge < -0.3 is 4.42 Å². The van der Waals surface area contributed by atoms with Gasteiger partial charge in [0, 0.05) is 17.7 Å². The van der Waals surface area contributed by atoms with Gasteiger partial charge in [-0.2, -0.15) is 15.1 Å². The third-order valence-corrected chi connectivity index (χ3v) is 4.33. The van der Waals surface area contributed by atoms with Crippen molar-refractivity contribution in [2.45, 2.75) is 0 Å². The van der Waals surface area contributed by atoms with E-state index in [0.717, 1.165) is 11.8 Å². The van der Waals surface area contributed by atoms with E-state index < -0.39 is 10.8 Å². The average Bonchev–Trinajstić information content (AvgIpc) is 3.28. The van der Waals surface area contributed by atoms with Gasteiger partial charge in [0.1, 0.15) is 11.5 Å². The lowest BCUT2D eigenvalue weighted by Crippen LogP contribution is -2.35. The summed E-state index contributed by atoms with van der Waals surface area (Å²) in [6, 6.07) is 9.29. The molecule has 0 saturated carbocycles. The molecule has 3 heterocycles. The lowest BCUT2D eigenvalue weighted by Gasteiger charge is -2.19. The van der Waals surface area contributed by atoms with Crippen LogP contribution < -0.4 is 0 Å². The second kappa shape index (κ2) is 6.08. The highest BCUT2D eigenvalue weighted by molar-refractivity contribution is 8.25. The van der Waals surface area contributed by atoms with E-state index >= 15 is 0 Å².